The molecule has 0 saturated heterocycles. The molecule has 0 saturated carbocycles. The Morgan fingerprint density at radius 2 is 2.00 bits per heavy atom. The van der Waals surface area contributed by atoms with Gasteiger partial charge in [-0.15, -0.1) is 0 Å². The van der Waals surface area contributed by atoms with E-state index in [2.05, 4.69) is 10.4 Å². The van der Waals surface area contributed by atoms with Gasteiger partial charge >= 0.3 is 0 Å². The van der Waals surface area contributed by atoms with Crippen molar-refractivity contribution in [2.45, 2.75) is 19.9 Å². The van der Waals surface area contributed by atoms with Gasteiger partial charge in [-0.05, 0) is 18.7 Å². The van der Waals surface area contributed by atoms with E-state index in [1.54, 1.807) is 24.3 Å². The predicted octanol–water partition coefficient (Wildman–Crippen LogP) is 2.92. The second-order valence-electron chi connectivity index (χ2n) is 3.88. The predicted molar refractivity (Wildman–Crippen MR) is 65.9 cm³/mol. The minimum Gasteiger partial charge on any atom is -0.313 e. The Balaban J connectivity index is 2.39. The Bertz CT molecular complexity index is 494. The average molecular weight is 251 g/mol. The number of alkyl halides is 2. The van der Waals surface area contributed by atoms with Gasteiger partial charge in [0.2, 0.25) is 0 Å². The summed E-state index contributed by atoms with van der Waals surface area (Å²) in [4.78, 5) is 0. The van der Waals surface area contributed by atoms with Crippen molar-refractivity contribution in [2.75, 3.05) is 6.54 Å². The number of halogens is 2. The molecule has 3 nitrogen and oxygen atoms in total. The summed E-state index contributed by atoms with van der Waals surface area (Å²) >= 11 is 0. The summed E-state index contributed by atoms with van der Waals surface area (Å²) in [7, 11) is 0. The highest BCUT2D eigenvalue weighted by Gasteiger charge is 2.20. The van der Waals surface area contributed by atoms with Crippen LogP contribution in [0.2, 0.25) is 0 Å². The van der Waals surface area contributed by atoms with Crippen LogP contribution in [0.25, 0.3) is 5.69 Å². The zero-order valence-electron chi connectivity index (χ0n) is 10.1. The highest BCUT2D eigenvalue weighted by atomic mass is 19.3. The number of rotatable bonds is 5. The fourth-order valence-corrected chi connectivity index (χ4v) is 1.80. The molecule has 2 rings (SSSR count). The highest BCUT2D eigenvalue weighted by molar-refractivity contribution is 5.35. The molecule has 0 fully saturated rings. The molecule has 0 spiro atoms. The minimum atomic E-state index is -2.54. The van der Waals surface area contributed by atoms with Gasteiger partial charge in [0.15, 0.2) is 0 Å². The molecule has 0 aliphatic rings. The monoisotopic (exact) mass is 251 g/mol. The summed E-state index contributed by atoms with van der Waals surface area (Å²) in [6, 6.07) is 8.97. The number of nitrogens with one attached hydrogen (secondary N) is 1. The highest BCUT2D eigenvalue weighted by Crippen LogP contribution is 2.25. The van der Waals surface area contributed by atoms with Crippen LogP contribution in [0.4, 0.5) is 8.78 Å². The van der Waals surface area contributed by atoms with Crippen molar-refractivity contribution in [1.82, 2.24) is 15.1 Å². The maximum Gasteiger partial charge on any atom is 0.280 e. The molecule has 1 heterocycles. The summed E-state index contributed by atoms with van der Waals surface area (Å²) in [5.74, 6) is 0. The zero-order chi connectivity index (χ0) is 13.0. The summed E-state index contributed by atoms with van der Waals surface area (Å²) < 4.78 is 27.6. The van der Waals surface area contributed by atoms with Crippen LogP contribution in [0.5, 0.6) is 0 Å². The van der Waals surface area contributed by atoms with Crippen molar-refractivity contribution >= 4 is 0 Å². The fourth-order valence-electron chi connectivity index (χ4n) is 1.80. The Labute approximate surface area is 104 Å². The third-order valence-electron chi connectivity index (χ3n) is 2.66. The fraction of sp³-hybridized carbons (Fsp3) is 0.308. The second-order valence-corrected chi connectivity index (χ2v) is 3.88. The van der Waals surface area contributed by atoms with Gasteiger partial charge in [0.05, 0.1) is 11.9 Å². The standard InChI is InChI=1S/C13H15F2N3/c1-2-16-8-10-9-17-18(12(10)13(14)15)11-6-4-3-5-7-11/h3-7,9,13,16H,2,8H2,1H3. The van der Waals surface area contributed by atoms with E-state index in [0.717, 1.165) is 6.54 Å². The van der Waals surface area contributed by atoms with E-state index in [1.807, 2.05) is 13.0 Å². The van der Waals surface area contributed by atoms with Gasteiger partial charge < -0.3 is 5.32 Å². The molecule has 0 radical (unpaired) electrons. The molecule has 1 aromatic heterocycles. The minimum absolute atomic E-state index is 0.0397. The molecule has 0 aliphatic carbocycles. The number of para-hydroxylation sites is 1. The van der Waals surface area contributed by atoms with Crippen LogP contribution < -0.4 is 5.32 Å². The largest absolute Gasteiger partial charge is 0.313 e. The molecular weight excluding hydrogens is 236 g/mol. The third kappa shape index (κ3) is 2.56. The number of benzene rings is 1. The first-order valence-corrected chi connectivity index (χ1v) is 5.85. The first kappa shape index (κ1) is 12.7. The van der Waals surface area contributed by atoms with Crippen LogP contribution in [-0.4, -0.2) is 16.3 Å². The molecule has 0 unspecified atom stereocenters. The third-order valence-corrected chi connectivity index (χ3v) is 2.66. The molecule has 5 heteroatoms. The number of hydrogen-bond acceptors (Lipinski definition) is 2. The average Bonchev–Trinajstić information content (AvgIpc) is 2.81. The normalized spacial score (nSPS) is 11.1. The molecule has 0 bridgehead atoms. The van der Waals surface area contributed by atoms with Gasteiger partial charge in [-0.3, -0.25) is 0 Å². The zero-order valence-corrected chi connectivity index (χ0v) is 10.1. The smallest absolute Gasteiger partial charge is 0.280 e. The van der Waals surface area contributed by atoms with E-state index >= 15 is 0 Å². The molecule has 0 atom stereocenters. The number of aromatic nitrogens is 2. The van der Waals surface area contributed by atoms with E-state index in [1.165, 1.54) is 10.9 Å². The number of hydrogen-bond donors (Lipinski definition) is 1. The van der Waals surface area contributed by atoms with Crippen LogP contribution in [-0.2, 0) is 6.54 Å². The summed E-state index contributed by atoms with van der Waals surface area (Å²) in [5.41, 5.74) is 1.15. The van der Waals surface area contributed by atoms with Crippen LogP contribution in [0.15, 0.2) is 36.5 Å². The van der Waals surface area contributed by atoms with E-state index in [0.29, 0.717) is 17.8 Å². The maximum atomic E-state index is 13.1. The van der Waals surface area contributed by atoms with Gasteiger partial charge in [-0.2, -0.15) is 5.10 Å². The Kier molecular flexibility index (Phi) is 4.04. The van der Waals surface area contributed by atoms with Gasteiger partial charge in [-0.25, -0.2) is 13.5 Å². The maximum absolute atomic E-state index is 13.1. The Hall–Kier alpha value is -1.75. The van der Waals surface area contributed by atoms with Crippen molar-refractivity contribution in [3.05, 3.63) is 47.8 Å². The van der Waals surface area contributed by atoms with Crippen molar-refractivity contribution in [3.8, 4) is 5.69 Å². The van der Waals surface area contributed by atoms with E-state index < -0.39 is 6.43 Å². The first-order valence-electron chi connectivity index (χ1n) is 5.85. The topological polar surface area (TPSA) is 29.9 Å². The second kappa shape index (κ2) is 5.73. The van der Waals surface area contributed by atoms with Crippen LogP contribution in [0, 0.1) is 0 Å². The molecule has 0 amide bonds. The van der Waals surface area contributed by atoms with Gasteiger partial charge in [0.25, 0.3) is 6.43 Å². The van der Waals surface area contributed by atoms with Crippen LogP contribution in [0.3, 0.4) is 0 Å². The lowest BCUT2D eigenvalue weighted by molar-refractivity contribution is 0.141. The number of nitrogens with zero attached hydrogens (tertiary/aromatic N) is 2. The molecule has 18 heavy (non-hydrogen) atoms. The van der Waals surface area contributed by atoms with E-state index in [-0.39, 0.29) is 5.69 Å². The molecule has 1 aromatic carbocycles. The van der Waals surface area contributed by atoms with E-state index in [4.69, 9.17) is 0 Å². The Morgan fingerprint density at radius 3 is 2.61 bits per heavy atom. The van der Waals surface area contributed by atoms with Crippen molar-refractivity contribution in [1.29, 1.82) is 0 Å². The summed E-state index contributed by atoms with van der Waals surface area (Å²) in [6.45, 7) is 3.08. The SMILES string of the molecule is CCNCc1cnn(-c2ccccc2)c1C(F)F. The molecule has 0 aliphatic heterocycles. The lowest BCUT2D eigenvalue weighted by Gasteiger charge is -2.09. The first-order chi connectivity index (χ1) is 8.74. The summed E-state index contributed by atoms with van der Waals surface area (Å²) in [5, 5.41) is 7.10. The quantitative estimate of drug-likeness (QED) is 0.885. The lowest BCUT2D eigenvalue weighted by Crippen LogP contribution is -2.13. The molecule has 1 N–H and O–H groups in total. The van der Waals surface area contributed by atoms with Crippen LogP contribution >= 0.6 is 0 Å². The molecule has 96 valence electrons. The van der Waals surface area contributed by atoms with Gasteiger partial charge in [0, 0.05) is 12.1 Å². The van der Waals surface area contributed by atoms with Gasteiger partial charge in [0.1, 0.15) is 5.69 Å². The van der Waals surface area contributed by atoms with Crippen molar-refractivity contribution in [3.63, 3.8) is 0 Å². The Morgan fingerprint density at radius 1 is 1.28 bits per heavy atom. The van der Waals surface area contributed by atoms with Crippen molar-refractivity contribution < 1.29 is 8.78 Å². The van der Waals surface area contributed by atoms with Crippen LogP contribution in [0.1, 0.15) is 24.6 Å². The van der Waals surface area contributed by atoms with Crippen molar-refractivity contribution in [2.24, 2.45) is 0 Å². The lowest BCUT2D eigenvalue weighted by atomic mass is 10.2. The molecular formula is C13H15F2N3. The molecule has 2 aromatic rings. The van der Waals surface area contributed by atoms with E-state index in [9.17, 15) is 8.78 Å². The summed E-state index contributed by atoms with van der Waals surface area (Å²) in [6.07, 6.45) is -1.04. The van der Waals surface area contributed by atoms with Gasteiger partial charge in [-0.1, -0.05) is 25.1 Å².